The Morgan fingerprint density at radius 2 is 2.12 bits per heavy atom. The molecule has 1 rings (SSSR count). The predicted octanol–water partition coefficient (Wildman–Crippen LogP) is 1.16. The fraction of sp³-hybridized carbons (Fsp3) is 0.909. The van der Waals surface area contributed by atoms with Crippen LogP contribution in [0.1, 0.15) is 27.2 Å². The molecule has 0 bridgehead atoms. The Balaban J connectivity index is 3.11. The second-order valence-corrected chi connectivity index (χ2v) is 5.47. The number of β-amino-alcohol motifs (C(OH)–C–C–N with tert-alkyl or cyclic N) is 1. The van der Waals surface area contributed by atoms with Crippen LogP contribution in [0, 0.1) is 5.41 Å². The van der Waals surface area contributed by atoms with Gasteiger partial charge < -0.3 is 14.9 Å². The Morgan fingerprint density at radius 3 is 2.50 bits per heavy atom. The van der Waals surface area contributed by atoms with Crippen molar-refractivity contribution in [3.05, 3.63) is 0 Å². The third kappa shape index (κ3) is 2.01. The number of aliphatic hydroxyl groups is 1. The summed E-state index contributed by atoms with van der Waals surface area (Å²) in [5.41, 5.74) is -0.925. The van der Waals surface area contributed by atoms with E-state index in [-0.39, 0.29) is 12.0 Å². The van der Waals surface area contributed by atoms with Crippen molar-refractivity contribution < 1.29 is 19.7 Å². The zero-order valence-corrected chi connectivity index (χ0v) is 10.4. The Hall–Kier alpha value is -0.810. The summed E-state index contributed by atoms with van der Waals surface area (Å²) in [7, 11) is 1.55. The molecule has 5 nitrogen and oxygen atoms in total. The molecule has 1 aliphatic heterocycles. The van der Waals surface area contributed by atoms with Crippen LogP contribution in [-0.4, -0.2) is 53.1 Å². The van der Waals surface area contributed by atoms with E-state index in [9.17, 15) is 15.0 Å². The summed E-state index contributed by atoms with van der Waals surface area (Å²) in [5.74, 6) is 0. The smallest absolute Gasteiger partial charge is 0.407 e. The molecule has 0 aromatic rings. The van der Waals surface area contributed by atoms with Crippen LogP contribution < -0.4 is 0 Å². The van der Waals surface area contributed by atoms with Gasteiger partial charge in [-0.2, -0.15) is 0 Å². The minimum absolute atomic E-state index is 0.163. The van der Waals surface area contributed by atoms with E-state index < -0.39 is 17.7 Å². The first-order valence-electron chi connectivity index (χ1n) is 5.42. The van der Waals surface area contributed by atoms with Crippen LogP contribution in [-0.2, 0) is 4.74 Å². The van der Waals surface area contributed by atoms with Gasteiger partial charge in [0, 0.05) is 13.5 Å². The summed E-state index contributed by atoms with van der Waals surface area (Å²) in [6.45, 7) is 6.38. The first-order chi connectivity index (χ1) is 7.24. The van der Waals surface area contributed by atoms with Gasteiger partial charge >= 0.3 is 6.09 Å². The van der Waals surface area contributed by atoms with Crippen LogP contribution in [0.2, 0.25) is 0 Å². The van der Waals surface area contributed by atoms with Crippen molar-refractivity contribution in [3.8, 4) is 0 Å². The molecule has 0 unspecified atom stereocenters. The van der Waals surface area contributed by atoms with Gasteiger partial charge in [0.25, 0.3) is 0 Å². The van der Waals surface area contributed by atoms with Gasteiger partial charge in [-0.15, -0.1) is 0 Å². The van der Waals surface area contributed by atoms with Crippen LogP contribution in [0.5, 0.6) is 0 Å². The maximum absolute atomic E-state index is 11.2. The van der Waals surface area contributed by atoms with Gasteiger partial charge in [-0.25, -0.2) is 4.79 Å². The van der Waals surface area contributed by atoms with Crippen molar-refractivity contribution in [2.45, 2.75) is 38.8 Å². The topological polar surface area (TPSA) is 70.0 Å². The third-order valence-electron chi connectivity index (χ3n) is 3.49. The van der Waals surface area contributed by atoms with E-state index in [1.807, 2.05) is 20.8 Å². The molecule has 16 heavy (non-hydrogen) atoms. The summed E-state index contributed by atoms with van der Waals surface area (Å²) in [6, 6.07) is 0. The highest BCUT2D eigenvalue weighted by atomic mass is 16.5. The summed E-state index contributed by atoms with van der Waals surface area (Å²) < 4.78 is 5.17. The Labute approximate surface area is 96.0 Å². The second kappa shape index (κ2) is 4.22. The highest BCUT2D eigenvalue weighted by Crippen LogP contribution is 2.43. The molecular formula is C11H21NO4. The Bertz CT molecular complexity index is 274. The predicted molar refractivity (Wildman–Crippen MR) is 59.4 cm³/mol. The molecule has 2 N–H and O–H groups in total. The number of methoxy groups -OCH3 is 1. The van der Waals surface area contributed by atoms with E-state index in [0.717, 1.165) is 0 Å². The minimum atomic E-state index is -0.997. The van der Waals surface area contributed by atoms with Gasteiger partial charge in [0.05, 0.1) is 24.8 Å². The van der Waals surface area contributed by atoms with Gasteiger partial charge in [-0.3, -0.25) is 4.90 Å². The molecule has 1 amide bonds. The summed E-state index contributed by atoms with van der Waals surface area (Å²) >= 11 is 0. The molecule has 0 spiro atoms. The van der Waals surface area contributed by atoms with Gasteiger partial charge in [0.1, 0.15) is 0 Å². The maximum Gasteiger partial charge on any atom is 0.407 e. The average molecular weight is 231 g/mol. The molecule has 0 aromatic heterocycles. The number of hydrogen-bond acceptors (Lipinski definition) is 3. The lowest BCUT2D eigenvalue weighted by Crippen LogP contribution is -2.58. The molecule has 1 heterocycles. The molecule has 2 atom stereocenters. The summed E-state index contributed by atoms with van der Waals surface area (Å²) in [4.78, 5) is 12.6. The zero-order valence-electron chi connectivity index (χ0n) is 10.4. The van der Waals surface area contributed by atoms with Crippen LogP contribution in [0.25, 0.3) is 0 Å². The van der Waals surface area contributed by atoms with Gasteiger partial charge in [-0.1, -0.05) is 20.8 Å². The van der Waals surface area contributed by atoms with E-state index in [4.69, 9.17) is 4.74 Å². The van der Waals surface area contributed by atoms with Crippen LogP contribution >= 0.6 is 0 Å². The number of rotatable bonds is 2. The lowest BCUT2D eigenvalue weighted by Gasteiger charge is -2.46. The molecule has 1 aliphatic rings. The SMILES string of the molecule is COC[C@@]1(C(C)(C)C)C[C@@H](O)CN1C(=O)O. The third-order valence-corrected chi connectivity index (χ3v) is 3.49. The first-order valence-corrected chi connectivity index (χ1v) is 5.42. The molecule has 0 aromatic carbocycles. The van der Waals surface area contributed by atoms with Crippen molar-refractivity contribution in [1.29, 1.82) is 0 Å². The quantitative estimate of drug-likeness (QED) is 0.748. The van der Waals surface area contributed by atoms with Crippen LogP contribution in [0.3, 0.4) is 0 Å². The van der Waals surface area contributed by atoms with Crippen LogP contribution in [0.15, 0.2) is 0 Å². The van der Waals surface area contributed by atoms with Crippen molar-refractivity contribution in [3.63, 3.8) is 0 Å². The van der Waals surface area contributed by atoms with Crippen molar-refractivity contribution in [1.82, 2.24) is 4.90 Å². The molecule has 5 heteroatoms. The summed E-state index contributed by atoms with van der Waals surface area (Å²) in [6.07, 6.45) is -1.18. The van der Waals surface area contributed by atoms with Crippen LogP contribution in [0.4, 0.5) is 4.79 Å². The number of carboxylic acid groups (broad SMARTS) is 1. The minimum Gasteiger partial charge on any atom is -0.465 e. The normalized spacial score (nSPS) is 30.8. The van der Waals surface area contributed by atoms with E-state index >= 15 is 0 Å². The van der Waals surface area contributed by atoms with E-state index in [1.54, 1.807) is 7.11 Å². The highest BCUT2D eigenvalue weighted by Gasteiger charge is 2.54. The van der Waals surface area contributed by atoms with E-state index in [0.29, 0.717) is 13.0 Å². The van der Waals surface area contributed by atoms with E-state index in [2.05, 4.69) is 0 Å². The van der Waals surface area contributed by atoms with Crippen molar-refractivity contribution in [2.75, 3.05) is 20.3 Å². The fourth-order valence-electron chi connectivity index (χ4n) is 2.51. The highest BCUT2D eigenvalue weighted by molar-refractivity contribution is 5.67. The van der Waals surface area contributed by atoms with Crippen molar-refractivity contribution in [2.24, 2.45) is 5.41 Å². The molecule has 1 saturated heterocycles. The lowest BCUT2D eigenvalue weighted by atomic mass is 9.72. The summed E-state index contributed by atoms with van der Waals surface area (Å²) in [5, 5.41) is 18.9. The number of aliphatic hydroxyl groups excluding tert-OH is 1. The molecular weight excluding hydrogens is 210 g/mol. The molecule has 94 valence electrons. The standard InChI is InChI=1S/C11H21NO4/c1-10(2,3)11(7-16-4)5-8(13)6-12(11)9(14)15/h8,13H,5-7H2,1-4H3,(H,14,15)/t8-,11-/m1/s1. The number of hydrogen-bond donors (Lipinski definition) is 2. The van der Waals surface area contributed by atoms with Gasteiger partial charge in [0.2, 0.25) is 0 Å². The monoisotopic (exact) mass is 231 g/mol. The lowest BCUT2D eigenvalue weighted by molar-refractivity contribution is -0.0267. The largest absolute Gasteiger partial charge is 0.465 e. The van der Waals surface area contributed by atoms with Gasteiger partial charge in [-0.05, 0) is 5.41 Å². The molecule has 0 radical (unpaired) electrons. The van der Waals surface area contributed by atoms with Gasteiger partial charge in [0.15, 0.2) is 0 Å². The van der Waals surface area contributed by atoms with E-state index in [1.165, 1.54) is 4.90 Å². The molecule has 0 aliphatic carbocycles. The number of amides is 1. The average Bonchev–Trinajstić information content (AvgIpc) is 2.43. The molecule has 1 fully saturated rings. The van der Waals surface area contributed by atoms with Crippen molar-refractivity contribution >= 4 is 6.09 Å². The molecule has 0 saturated carbocycles. The fourth-order valence-corrected chi connectivity index (χ4v) is 2.51. The Morgan fingerprint density at radius 1 is 1.56 bits per heavy atom. The number of carbonyl (C=O) groups is 1. The zero-order chi connectivity index (χ0) is 12.6. The number of ether oxygens (including phenoxy) is 1. The number of likely N-dealkylation sites (tertiary alicyclic amines) is 1. The first kappa shape index (κ1) is 13.3. The number of nitrogens with zero attached hydrogens (tertiary/aromatic N) is 1. The second-order valence-electron chi connectivity index (χ2n) is 5.47. The Kier molecular flexibility index (Phi) is 3.50. The maximum atomic E-state index is 11.2.